The standard InChI is InChI=1S/C23H27N5O3S/c24-14-19-9-10-21(26-15-19)25-11-5-4-8-20(22(29)28-12-13-32-17-28)27-23(30)31-16-18-6-2-1-3-7-18/h1-3,6-7,9-10,15,20H,4-5,8,11-13,16-17H2,(H,25,26)(H,27,30)/t20-/m0/s1. The van der Waals surface area contributed by atoms with E-state index in [0.29, 0.717) is 36.8 Å². The smallest absolute Gasteiger partial charge is 0.408 e. The molecule has 2 amide bonds. The van der Waals surface area contributed by atoms with Gasteiger partial charge in [-0.25, -0.2) is 9.78 Å². The Labute approximate surface area is 192 Å². The number of pyridine rings is 1. The molecule has 1 fully saturated rings. The lowest BCUT2D eigenvalue weighted by atomic mass is 10.1. The van der Waals surface area contributed by atoms with Crippen molar-refractivity contribution < 1.29 is 14.3 Å². The highest BCUT2D eigenvalue weighted by atomic mass is 32.2. The number of aromatic nitrogens is 1. The largest absolute Gasteiger partial charge is 0.445 e. The third-order valence-corrected chi connectivity index (χ3v) is 5.95. The molecule has 8 nitrogen and oxygen atoms in total. The van der Waals surface area contributed by atoms with Crippen LogP contribution in [0.5, 0.6) is 0 Å². The Balaban J connectivity index is 1.45. The van der Waals surface area contributed by atoms with E-state index in [1.165, 1.54) is 6.20 Å². The van der Waals surface area contributed by atoms with Gasteiger partial charge in [0.2, 0.25) is 5.91 Å². The van der Waals surface area contributed by atoms with Crippen LogP contribution in [0.15, 0.2) is 48.7 Å². The first-order valence-electron chi connectivity index (χ1n) is 10.6. The number of anilines is 1. The molecule has 1 saturated heterocycles. The molecule has 9 heteroatoms. The monoisotopic (exact) mass is 453 g/mol. The van der Waals surface area contributed by atoms with Crippen molar-refractivity contribution in [2.24, 2.45) is 0 Å². The molecule has 2 N–H and O–H groups in total. The first-order chi connectivity index (χ1) is 15.7. The minimum atomic E-state index is -0.606. The number of amides is 2. The summed E-state index contributed by atoms with van der Waals surface area (Å²) in [5, 5.41) is 14.8. The summed E-state index contributed by atoms with van der Waals surface area (Å²) in [5.74, 6) is 2.21. The van der Waals surface area contributed by atoms with E-state index in [9.17, 15) is 9.59 Å². The summed E-state index contributed by atoms with van der Waals surface area (Å²) in [7, 11) is 0. The molecular formula is C23H27N5O3S. The molecule has 1 aromatic heterocycles. The number of nitriles is 1. The van der Waals surface area contributed by atoms with Gasteiger partial charge < -0.3 is 20.3 Å². The lowest BCUT2D eigenvalue weighted by molar-refractivity contribution is -0.132. The van der Waals surface area contributed by atoms with Crippen LogP contribution >= 0.6 is 11.8 Å². The molecule has 0 bridgehead atoms. The van der Waals surface area contributed by atoms with E-state index in [1.807, 2.05) is 36.4 Å². The van der Waals surface area contributed by atoms with Crippen molar-refractivity contribution in [2.45, 2.75) is 31.9 Å². The summed E-state index contributed by atoms with van der Waals surface area (Å²) in [6.07, 6.45) is 3.03. The van der Waals surface area contributed by atoms with Crippen LogP contribution in [0.1, 0.15) is 30.4 Å². The first-order valence-corrected chi connectivity index (χ1v) is 11.7. The zero-order valence-electron chi connectivity index (χ0n) is 17.8. The average molecular weight is 454 g/mol. The number of benzene rings is 1. The molecular weight excluding hydrogens is 426 g/mol. The second-order valence-electron chi connectivity index (χ2n) is 7.36. The summed E-state index contributed by atoms with van der Waals surface area (Å²) in [6.45, 7) is 1.54. The fraction of sp³-hybridized carbons (Fsp3) is 0.391. The molecule has 32 heavy (non-hydrogen) atoms. The molecule has 1 aromatic carbocycles. The van der Waals surface area contributed by atoms with Gasteiger partial charge in [0, 0.05) is 25.0 Å². The molecule has 2 aromatic rings. The quantitative estimate of drug-likeness (QED) is 0.531. The summed E-state index contributed by atoms with van der Waals surface area (Å²) in [6, 6.07) is 14.3. The van der Waals surface area contributed by atoms with Gasteiger partial charge in [0.15, 0.2) is 0 Å². The number of unbranched alkanes of at least 4 members (excludes halogenated alkanes) is 1. The molecule has 0 saturated carbocycles. The molecule has 1 aliphatic rings. The van der Waals surface area contributed by atoms with Crippen LogP contribution in [0.4, 0.5) is 10.6 Å². The van der Waals surface area contributed by atoms with E-state index >= 15 is 0 Å². The summed E-state index contributed by atoms with van der Waals surface area (Å²) in [4.78, 5) is 31.2. The van der Waals surface area contributed by atoms with E-state index in [-0.39, 0.29) is 12.5 Å². The minimum absolute atomic E-state index is 0.0617. The molecule has 0 spiro atoms. The van der Waals surface area contributed by atoms with Crippen LogP contribution in [-0.2, 0) is 16.1 Å². The Hall–Kier alpha value is -3.25. The highest BCUT2D eigenvalue weighted by Crippen LogP contribution is 2.16. The topological polar surface area (TPSA) is 107 Å². The zero-order chi connectivity index (χ0) is 22.6. The maximum absolute atomic E-state index is 12.9. The van der Waals surface area contributed by atoms with Crippen molar-refractivity contribution in [1.82, 2.24) is 15.2 Å². The van der Waals surface area contributed by atoms with Crippen LogP contribution < -0.4 is 10.6 Å². The summed E-state index contributed by atoms with van der Waals surface area (Å²) in [5.41, 5.74) is 1.41. The maximum atomic E-state index is 12.9. The second-order valence-corrected chi connectivity index (χ2v) is 8.44. The SMILES string of the molecule is N#Cc1ccc(NCCCC[C@H](NC(=O)OCc2ccccc2)C(=O)N2CCSC2)nc1. The Morgan fingerprint density at radius 2 is 2.06 bits per heavy atom. The van der Waals surface area contributed by atoms with Crippen molar-refractivity contribution >= 4 is 29.6 Å². The molecule has 168 valence electrons. The van der Waals surface area contributed by atoms with Crippen LogP contribution in [0, 0.1) is 11.3 Å². The van der Waals surface area contributed by atoms with Crippen molar-refractivity contribution in [1.29, 1.82) is 5.26 Å². The third-order valence-electron chi connectivity index (χ3n) is 4.99. The van der Waals surface area contributed by atoms with E-state index in [4.69, 9.17) is 10.00 Å². The first kappa shape index (κ1) is 23.4. The number of rotatable bonds is 10. The molecule has 1 aliphatic heterocycles. The molecule has 0 aliphatic carbocycles. The highest BCUT2D eigenvalue weighted by molar-refractivity contribution is 7.99. The van der Waals surface area contributed by atoms with E-state index in [1.54, 1.807) is 28.8 Å². The van der Waals surface area contributed by atoms with Gasteiger partial charge in [-0.15, -0.1) is 11.8 Å². The lowest BCUT2D eigenvalue weighted by Gasteiger charge is -2.23. The molecule has 2 heterocycles. The fourth-order valence-corrected chi connectivity index (χ4v) is 4.18. The Bertz CT molecular complexity index is 911. The van der Waals surface area contributed by atoms with Gasteiger partial charge in [-0.3, -0.25) is 4.79 Å². The van der Waals surface area contributed by atoms with E-state index < -0.39 is 12.1 Å². The van der Waals surface area contributed by atoms with Crippen LogP contribution in [0.2, 0.25) is 0 Å². The Morgan fingerprint density at radius 3 is 2.75 bits per heavy atom. The van der Waals surface area contributed by atoms with Gasteiger partial charge in [0.05, 0.1) is 11.4 Å². The van der Waals surface area contributed by atoms with Gasteiger partial charge in [-0.05, 0) is 37.0 Å². The number of ether oxygens (including phenoxy) is 1. The van der Waals surface area contributed by atoms with Gasteiger partial charge in [0.25, 0.3) is 0 Å². The van der Waals surface area contributed by atoms with Crippen molar-refractivity contribution in [3.05, 3.63) is 59.8 Å². The van der Waals surface area contributed by atoms with Crippen molar-refractivity contribution in [3.8, 4) is 6.07 Å². The Morgan fingerprint density at radius 1 is 1.22 bits per heavy atom. The lowest BCUT2D eigenvalue weighted by Crippen LogP contribution is -2.47. The molecule has 0 unspecified atom stereocenters. The van der Waals surface area contributed by atoms with Crippen molar-refractivity contribution in [3.63, 3.8) is 0 Å². The number of alkyl carbamates (subject to hydrolysis) is 1. The van der Waals surface area contributed by atoms with Crippen LogP contribution in [0.3, 0.4) is 0 Å². The normalized spacial score (nSPS) is 13.8. The fourth-order valence-electron chi connectivity index (χ4n) is 3.23. The molecule has 3 rings (SSSR count). The highest BCUT2D eigenvalue weighted by Gasteiger charge is 2.28. The van der Waals surface area contributed by atoms with Crippen LogP contribution in [0.25, 0.3) is 0 Å². The van der Waals surface area contributed by atoms with Crippen molar-refractivity contribution in [2.75, 3.05) is 30.0 Å². The third kappa shape index (κ3) is 7.46. The van der Waals surface area contributed by atoms with E-state index in [2.05, 4.69) is 15.6 Å². The number of hydrogen-bond acceptors (Lipinski definition) is 7. The number of thioether (sulfide) groups is 1. The molecule has 1 atom stereocenters. The second kappa shape index (κ2) is 12.6. The predicted molar refractivity (Wildman–Crippen MR) is 124 cm³/mol. The van der Waals surface area contributed by atoms with Gasteiger partial charge in [0.1, 0.15) is 24.5 Å². The Kier molecular flexibility index (Phi) is 9.20. The maximum Gasteiger partial charge on any atom is 0.408 e. The number of carbonyl (C=O) groups excluding carboxylic acids is 2. The minimum Gasteiger partial charge on any atom is -0.445 e. The number of nitrogens with zero attached hydrogens (tertiary/aromatic N) is 3. The summed E-state index contributed by atoms with van der Waals surface area (Å²) >= 11 is 1.71. The average Bonchev–Trinajstić information content (AvgIpc) is 3.37. The van der Waals surface area contributed by atoms with Gasteiger partial charge >= 0.3 is 6.09 Å². The number of carbonyl (C=O) groups is 2. The number of nitrogens with one attached hydrogen (secondary N) is 2. The zero-order valence-corrected chi connectivity index (χ0v) is 18.6. The van der Waals surface area contributed by atoms with Gasteiger partial charge in [-0.1, -0.05) is 30.3 Å². The molecule has 0 radical (unpaired) electrons. The number of hydrogen-bond donors (Lipinski definition) is 2. The van der Waals surface area contributed by atoms with Crippen LogP contribution in [-0.4, -0.2) is 52.6 Å². The van der Waals surface area contributed by atoms with E-state index in [0.717, 1.165) is 24.2 Å². The predicted octanol–water partition coefficient (Wildman–Crippen LogP) is 3.36. The summed E-state index contributed by atoms with van der Waals surface area (Å²) < 4.78 is 5.31. The van der Waals surface area contributed by atoms with Gasteiger partial charge in [-0.2, -0.15) is 5.26 Å².